The molecule has 1 heterocycles. The number of aliphatic hydroxyl groups excluding tert-OH is 1. The van der Waals surface area contributed by atoms with Crippen molar-refractivity contribution in [1.82, 2.24) is 4.90 Å². The lowest BCUT2D eigenvalue weighted by atomic mass is 9.92. The summed E-state index contributed by atoms with van der Waals surface area (Å²) in [4.78, 5) is 12.7. The number of aliphatic hydroxyl groups is 1. The van der Waals surface area contributed by atoms with Crippen LogP contribution in [-0.4, -0.2) is 41.2 Å². The van der Waals surface area contributed by atoms with Crippen LogP contribution in [0.15, 0.2) is 18.2 Å². The van der Waals surface area contributed by atoms with E-state index in [0.29, 0.717) is 11.7 Å². The third kappa shape index (κ3) is 3.92. The molecule has 116 valence electrons. The average molecular weight is 294 g/mol. The maximum atomic E-state index is 10.9. The highest BCUT2D eigenvalue weighted by atomic mass is 16.6. The molecule has 21 heavy (non-hydrogen) atoms. The summed E-state index contributed by atoms with van der Waals surface area (Å²) in [7, 11) is 1.44. The Labute approximate surface area is 124 Å². The number of rotatable bonds is 5. The molecule has 1 unspecified atom stereocenters. The van der Waals surface area contributed by atoms with Crippen molar-refractivity contribution in [2.75, 3.05) is 20.2 Å². The molecule has 0 aromatic heterocycles. The molecule has 1 aliphatic heterocycles. The Bertz CT molecular complexity index is 496. The molecule has 1 aromatic carbocycles. The maximum Gasteiger partial charge on any atom is 0.310 e. The molecule has 1 atom stereocenters. The Kier molecular flexibility index (Phi) is 5.14. The lowest BCUT2D eigenvalue weighted by Gasteiger charge is -2.33. The molecule has 0 spiro atoms. The Morgan fingerprint density at radius 1 is 1.48 bits per heavy atom. The van der Waals surface area contributed by atoms with Crippen molar-refractivity contribution >= 4 is 5.69 Å². The normalized spacial score (nSPS) is 18.4. The SMILES string of the molecule is COc1cc(CN2CCC(C(C)O)CC2)ccc1[N+](=O)[O-]. The molecule has 1 saturated heterocycles. The van der Waals surface area contributed by atoms with Crippen molar-refractivity contribution in [3.63, 3.8) is 0 Å². The molecule has 0 bridgehead atoms. The first-order valence-electron chi connectivity index (χ1n) is 7.23. The van der Waals surface area contributed by atoms with Crippen molar-refractivity contribution in [3.8, 4) is 5.75 Å². The molecular weight excluding hydrogens is 272 g/mol. The standard InChI is InChI=1S/C15H22N2O4/c1-11(18)13-5-7-16(8-6-13)10-12-3-4-14(17(19)20)15(9-12)21-2/h3-4,9,11,13,18H,5-8,10H2,1-2H3. The first-order valence-corrected chi connectivity index (χ1v) is 7.23. The van der Waals surface area contributed by atoms with Crippen LogP contribution in [0.3, 0.4) is 0 Å². The van der Waals surface area contributed by atoms with Crippen molar-refractivity contribution in [3.05, 3.63) is 33.9 Å². The molecule has 0 saturated carbocycles. The first-order chi connectivity index (χ1) is 10.0. The molecule has 1 aromatic rings. The van der Waals surface area contributed by atoms with Gasteiger partial charge in [0.15, 0.2) is 5.75 Å². The molecule has 6 nitrogen and oxygen atoms in total. The monoisotopic (exact) mass is 294 g/mol. The Morgan fingerprint density at radius 2 is 2.14 bits per heavy atom. The van der Waals surface area contributed by atoms with Gasteiger partial charge in [0, 0.05) is 12.6 Å². The Balaban J connectivity index is 1.99. The molecule has 0 aliphatic carbocycles. The fourth-order valence-electron chi connectivity index (χ4n) is 2.82. The van der Waals surface area contributed by atoms with E-state index in [1.807, 2.05) is 6.92 Å². The van der Waals surface area contributed by atoms with Crippen LogP contribution in [0.25, 0.3) is 0 Å². The predicted octanol–water partition coefficient (Wildman–Crippen LogP) is 2.20. The van der Waals surface area contributed by atoms with Crippen molar-refractivity contribution < 1.29 is 14.8 Å². The number of methoxy groups -OCH3 is 1. The van der Waals surface area contributed by atoms with Gasteiger partial charge < -0.3 is 9.84 Å². The van der Waals surface area contributed by atoms with Gasteiger partial charge in [-0.3, -0.25) is 15.0 Å². The number of likely N-dealkylation sites (tertiary alicyclic amines) is 1. The van der Waals surface area contributed by atoms with E-state index in [1.165, 1.54) is 13.2 Å². The van der Waals surface area contributed by atoms with Crippen molar-refractivity contribution in [2.45, 2.75) is 32.4 Å². The summed E-state index contributed by atoms with van der Waals surface area (Å²) in [5.74, 6) is 0.684. The van der Waals surface area contributed by atoms with Crippen LogP contribution in [0.1, 0.15) is 25.3 Å². The highest BCUT2D eigenvalue weighted by Gasteiger charge is 2.23. The third-order valence-electron chi connectivity index (χ3n) is 4.16. The Morgan fingerprint density at radius 3 is 2.67 bits per heavy atom. The van der Waals surface area contributed by atoms with Crippen LogP contribution in [0.2, 0.25) is 0 Å². The van der Waals surface area contributed by atoms with E-state index in [2.05, 4.69) is 4.90 Å². The minimum absolute atomic E-state index is 0.00550. The van der Waals surface area contributed by atoms with Crippen LogP contribution >= 0.6 is 0 Å². The molecule has 1 aliphatic rings. The van der Waals surface area contributed by atoms with E-state index >= 15 is 0 Å². The van der Waals surface area contributed by atoms with Gasteiger partial charge in [0.05, 0.1) is 18.1 Å². The molecule has 0 radical (unpaired) electrons. The first kappa shape index (κ1) is 15.7. The zero-order valence-electron chi connectivity index (χ0n) is 12.5. The highest BCUT2D eigenvalue weighted by molar-refractivity contribution is 5.48. The smallest absolute Gasteiger partial charge is 0.310 e. The molecule has 1 N–H and O–H groups in total. The van der Waals surface area contributed by atoms with E-state index < -0.39 is 4.92 Å². The van der Waals surface area contributed by atoms with E-state index in [9.17, 15) is 15.2 Å². The number of piperidine rings is 1. The van der Waals surface area contributed by atoms with Gasteiger partial charge in [-0.15, -0.1) is 0 Å². The second-order valence-electron chi connectivity index (χ2n) is 5.62. The summed E-state index contributed by atoms with van der Waals surface area (Å²) in [5, 5.41) is 20.5. The number of hydrogen-bond acceptors (Lipinski definition) is 5. The van der Waals surface area contributed by atoms with Crippen LogP contribution in [0, 0.1) is 16.0 Å². The largest absolute Gasteiger partial charge is 0.490 e. The molecule has 6 heteroatoms. The predicted molar refractivity (Wildman–Crippen MR) is 79.3 cm³/mol. The van der Waals surface area contributed by atoms with Crippen LogP contribution in [0.5, 0.6) is 5.75 Å². The average Bonchev–Trinajstić information content (AvgIpc) is 2.47. The molecule has 0 amide bonds. The summed E-state index contributed by atoms with van der Waals surface area (Å²) < 4.78 is 5.09. The quantitative estimate of drug-likeness (QED) is 0.665. The van der Waals surface area contributed by atoms with Gasteiger partial charge in [-0.25, -0.2) is 0 Å². The van der Waals surface area contributed by atoms with Gasteiger partial charge in [0.25, 0.3) is 0 Å². The van der Waals surface area contributed by atoms with E-state index in [4.69, 9.17) is 4.74 Å². The summed E-state index contributed by atoms with van der Waals surface area (Å²) >= 11 is 0. The number of nitro groups is 1. The molecular formula is C15H22N2O4. The number of nitrogens with zero attached hydrogens (tertiary/aromatic N) is 2. The van der Waals surface area contributed by atoms with E-state index in [-0.39, 0.29) is 11.8 Å². The zero-order valence-corrected chi connectivity index (χ0v) is 12.5. The van der Waals surface area contributed by atoms with E-state index in [1.54, 1.807) is 12.1 Å². The fourth-order valence-corrected chi connectivity index (χ4v) is 2.82. The molecule has 1 fully saturated rings. The van der Waals surface area contributed by atoms with Crippen molar-refractivity contribution in [2.24, 2.45) is 5.92 Å². The summed E-state index contributed by atoms with van der Waals surface area (Å²) in [6.45, 7) is 4.48. The lowest BCUT2D eigenvalue weighted by molar-refractivity contribution is -0.385. The third-order valence-corrected chi connectivity index (χ3v) is 4.16. The van der Waals surface area contributed by atoms with Gasteiger partial charge in [-0.1, -0.05) is 6.07 Å². The van der Waals surface area contributed by atoms with Gasteiger partial charge in [0.1, 0.15) is 0 Å². The van der Waals surface area contributed by atoms with Crippen molar-refractivity contribution in [1.29, 1.82) is 0 Å². The summed E-state index contributed by atoms with van der Waals surface area (Å²) in [5.41, 5.74) is 1.00. The highest BCUT2D eigenvalue weighted by Crippen LogP contribution is 2.29. The maximum absolute atomic E-state index is 10.9. The number of hydrogen-bond donors (Lipinski definition) is 1. The summed E-state index contributed by atoms with van der Waals surface area (Å²) in [6, 6.07) is 5.01. The van der Waals surface area contributed by atoms with Crippen LogP contribution < -0.4 is 4.74 Å². The number of ether oxygens (including phenoxy) is 1. The minimum atomic E-state index is -0.434. The van der Waals surface area contributed by atoms with E-state index in [0.717, 1.165) is 38.0 Å². The zero-order chi connectivity index (χ0) is 15.4. The van der Waals surface area contributed by atoms with Gasteiger partial charge in [-0.2, -0.15) is 0 Å². The Hall–Kier alpha value is -1.66. The fraction of sp³-hybridized carbons (Fsp3) is 0.600. The van der Waals surface area contributed by atoms with Gasteiger partial charge >= 0.3 is 5.69 Å². The number of nitro benzene ring substituents is 1. The lowest BCUT2D eigenvalue weighted by Crippen LogP contribution is -2.36. The molecule has 2 rings (SSSR count). The second-order valence-corrected chi connectivity index (χ2v) is 5.62. The topological polar surface area (TPSA) is 75.8 Å². The van der Waals surface area contributed by atoms with Gasteiger partial charge in [0.2, 0.25) is 0 Å². The summed E-state index contributed by atoms with van der Waals surface area (Å²) in [6.07, 6.45) is 1.73. The van der Waals surface area contributed by atoms with Gasteiger partial charge in [-0.05, 0) is 50.4 Å². The minimum Gasteiger partial charge on any atom is -0.490 e. The number of benzene rings is 1. The van der Waals surface area contributed by atoms with Crippen LogP contribution in [0.4, 0.5) is 5.69 Å². The second kappa shape index (κ2) is 6.87. The van der Waals surface area contributed by atoms with Crippen LogP contribution in [-0.2, 0) is 6.54 Å².